The van der Waals surface area contributed by atoms with E-state index in [1.807, 2.05) is 48.4 Å². The first-order valence-electron chi connectivity index (χ1n) is 6.45. The standard InChI is InChI=1S/C13H21N3O3S/c1-15(2)16(7-10-3-5-11(14)6-4-10)12-8-20(18,19)9-13(12)17/h3-6,12-13,17H,7-9,14H2,1-2H3/t12-,13+/m1/s1. The predicted molar refractivity (Wildman–Crippen MR) is 78.5 cm³/mol. The van der Waals surface area contributed by atoms with Crippen molar-refractivity contribution in [1.82, 2.24) is 10.0 Å². The minimum absolute atomic E-state index is 0.0126. The third-order valence-corrected chi connectivity index (χ3v) is 5.21. The first kappa shape index (κ1) is 15.2. The molecule has 1 aliphatic rings. The van der Waals surface area contributed by atoms with Crippen molar-refractivity contribution in [3.8, 4) is 0 Å². The topological polar surface area (TPSA) is 86.9 Å². The molecule has 20 heavy (non-hydrogen) atoms. The number of aliphatic hydroxyl groups is 1. The largest absolute Gasteiger partial charge is 0.399 e. The van der Waals surface area contributed by atoms with E-state index in [0.29, 0.717) is 12.2 Å². The van der Waals surface area contributed by atoms with Gasteiger partial charge in [-0.1, -0.05) is 12.1 Å². The molecule has 0 aromatic heterocycles. The number of nitrogen functional groups attached to an aromatic ring is 1. The monoisotopic (exact) mass is 299 g/mol. The number of hydrogen-bond acceptors (Lipinski definition) is 6. The molecule has 0 bridgehead atoms. The van der Waals surface area contributed by atoms with E-state index in [1.165, 1.54) is 0 Å². The molecule has 1 aliphatic heterocycles. The number of anilines is 1. The van der Waals surface area contributed by atoms with Crippen LogP contribution in [0.25, 0.3) is 0 Å². The molecule has 0 unspecified atom stereocenters. The second kappa shape index (κ2) is 5.69. The number of aliphatic hydroxyl groups excluding tert-OH is 1. The molecule has 0 saturated carbocycles. The summed E-state index contributed by atoms with van der Waals surface area (Å²) in [6.45, 7) is 0.532. The van der Waals surface area contributed by atoms with Gasteiger partial charge in [0.1, 0.15) is 0 Å². The van der Waals surface area contributed by atoms with Crippen LogP contribution in [0.4, 0.5) is 5.69 Å². The first-order chi connectivity index (χ1) is 9.28. The summed E-state index contributed by atoms with van der Waals surface area (Å²) in [5.41, 5.74) is 7.36. The number of nitrogens with two attached hydrogens (primary N) is 1. The Bertz CT molecular complexity index is 557. The van der Waals surface area contributed by atoms with Crippen LogP contribution in [0, 0.1) is 0 Å². The van der Waals surface area contributed by atoms with E-state index in [-0.39, 0.29) is 11.5 Å². The van der Waals surface area contributed by atoms with Crippen molar-refractivity contribution in [2.75, 3.05) is 31.3 Å². The normalized spacial score (nSPS) is 25.4. The molecule has 112 valence electrons. The maximum atomic E-state index is 11.7. The molecule has 1 aromatic carbocycles. The molecule has 2 atom stereocenters. The number of hydrazine groups is 1. The summed E-state index contributed by atoms with van der Waals surface area (Å²) in [5.74, 6) is -0.176. The van der Waals surface area contributed by atoms with Gasteiger partial charge >= 0.3 is 0 Å². The summed E-state index contributed by atoms with van der Waals surface area (Å²) < 4.78 is 23.3. The van der Waals surface area contributed by atoms with E-state index in [0.717, 1.165) is 5.56 Å². The van der Waals surface area contributed by atoms with Crippen LogP contribution in [0.15, 0.2) is 24.3 Å². The van der Waals surface area contributed by atoms with Gasteiger partial charge in [0.25, 0.3) is 0 Å². The molecule has 0 spiro atoms. The van der Waals surface area contributed by atoms with Crippen molar-refractivity contribution in [3.63, 3.8) is 0 Å². The Hall–Kier alpha value is -1.15. The van der Waals surface area contributed by atoms with Crippen LogP contribution in [-0.4, -0.2) is 61.3 Å². The molecular weight excluding hydrogens is 278 g/mol. The van der Waals surface area contributed by atoms with Crippen molar-refractivity contribution in [3.05, 3.63) is 29.8 Å². The highest BCUT2D eigenvalue weighted by Gasteiger charge is 2.40. The SMILES string of the molecule is CN(C)N(Cc1ccc(N)cc1)[C@@H]1CS(=O)(=O)C[C@@H]1O. The average Bonchev–Trinajstić information content (AvgIpc) is 2.61. The van der Waals surface area contributed by atoms with Gasteiger partial charge < -0.3 is 10.8 Å². The van der Waals surface area contributed by atoms with Crippen molar-refractivity contribution in [1.29, 1.82) is 0 Å². The molecule has 7 heteroatoms. The van der Waals surface area contributed by atoms with Crippen molar-refractivity contribution < 1.29 is 13.5 Å². The first-order valence-corrected chi connectivity index (χ1v) is 8.27. The molecule has 2 rings (SSSR count). The highest BCUT2D eigenvalue weighted by molar-refractivity contribution is 7.91. The highest BCUT2D eigenvalue weighted by Crippen LogP contribution is 2.21. The van der Waals surface area contributed by atoms with Crippen molar-refractivity contribution in [2.45, 2.75) is 18.7 Å². The van der Waals surface area contributed by atoms with Crippen LogP contribution < -0.4 is 5.73 Å². The smallest absolute Gasteiger partial charge is 0.154 e. The maximum Gasteiger partial charge on any atom is 0.154 e. The van der Waals surface area contributed by atoms with Crippen molar-refractivity contribution >= 4 is 15.5 Å². The zero-order chi connectivity index (χ0) is 14.9. The molecule has 0 aliphatic carbocycles. The van der Waals surface area contributed by atoms with Gasteiger partial charge in [-0.05, 0) is 17.7 Å². The third-order valence-electron chi connectivity index (χ3n) is 3.51. The lowest BCUT2D eigenvalue weighted by Crippen LogP contribution is -2.49. The number of benzene rings is 1. The Kier molecular flexibility index (Phi) is 4.33. The Labute approximate surface area is 119 Å². The fourth-order valence-electron chi connectivity index (χ4n) is 2.46. The molecule has 1 aromatic rings. The Balaban J connectivity index is 2.17. The molecule has 6 nitrogen and oxygen atoms in total. The minimum Gasteiger partial charge on any atom is -0.399 e. The van der Waals surface area contributed by atoms with E-state index in [2.05, 4.69) is 0 Å². The van der Waals surface area contributed by atoms with Gasteiger partial charge in [-0.15, -0.1) is 0 Å². The minimum atomic E-state index is -3.16. The molecular formula is C13H21N3O3S. The fourth-order valence-corrected chi connectivity index (χ4v) is 4.25. The van der Waals surface area contributed by atoms with E-state index >= 15 is 0 Å². The lowest BCUT2D eigenvalue weighted by molar-refractivity contribution is -0.0558. The highest BCUT2D eigenvalue weighted by atomic mass is 32.2. The summed E-state index contributed by atoms with van der Waals surface area (Å²) in [7, 11) is 0.524. The van der Waals surface area contributed by atoms with E-state index in [1.54, 1.807) is 0 Å². The molecule has 1 heterocycles. The second-order valence-electron chi connectivity index (χ2n) is 5.40. The number of hydrogen-bond donors (Lipinski definition) is 2. The summed E-state index contributed by atoms with van der Waals surface area (Å²) >= 11 is 0. The Morgan fingerprint density at radius 3 is 2.30 bits per heavy atom. The van der Waals surface area contributed by atoms with Gasteiger partial charge in [0.05, 0.1) is 23.7 Å². The zero-order valence-corrected chi connectivity index (χ0v) is 12.5. The average molecular weight is 299 g/mol. The lowest BCUT2D eigenvalue weighted by atomic mass is 10.1. The van der Waals surface area contributed by atoms with Crippen molar-refractivity contribution in [2.24, 2.45) is 0 Å². The van der Waals surface area contributed by atoms with E-state index in [9.17, 15) is 13.5 Å². The molecule has 0 amide bonds. The van der Waals surface area contributed by atoms with Crippen LogP contribution in [0.1, 0.15) is 5.56 Å². The van der Waals surface area contributed by atoms with Gasteiger partial charge in [-0.25, -0.2) is 18.4 Å². The summed E-state index contributed by atoms with van der Waals surface area (Å²) in [6.07, 6.45) is -0.851. The number of nitrogens with zero attached hydrogens (tertiary/aromatic N) is 2. The van der Waals surface area contributed by atoms with Gasteiger partial charge in [-0.3, -0.25) is 0 Å². The molecule has 1 saturated heterocycles. The zero-order valence-electron chi connectivity index (χ0n) is 11.7. The summed E-state index contributed by atoms with van der Waals surface area (Å²) in [5, 5.41) is 13.7. The summed E-state index contributed by atoms with van der Waals surface area (Å²) in [4.78, 5) is 0. The predicted octanol–water partition coefficient (Wildman–Crippen LogP) is -0.295. The fraction of sp³-hybridized carbons (Fsp3) is 0.538. The van der Waals surface area contributed by atoms with Crippen LogP contribution in [0.3, 0.4) is 0 Å². The number of sulfone groups is 1. The van der Waals surface area contributed by atoms with Gasteiger partial charge in [0, 0.05) is 26.3 Å². The summed E-state index contributed by atoms with van der Waals surface area (Å²) in [6, 6.07) is 7.02. The molecule has 1 fully saturated rings. The molecule has 3 N–H and O–H groups in total. The van der Waals surface area contributed by atoms with Gasteiger partial charge in [0.15, 0.2) is 9.84 Å². The number of rotatable bonds is 4. The van der Waals surface area contributed by atoms with Crippen LogP contribution >= 0.6 is 0 Å². The quantitative estimate of drug-likeness (QED) is 0.587. The lowest BCUT2D eigenvalue weighted by Gasteiger charge is -2.35. The maximum absolute atomic E-state index is 11.7. The second-order valence-corrected chi connectivity index (χ2v) is 7.55. The van der Waals surface area contributed by atoms with Crippen LogP contribution in [0.2, 0.25) is 0 Å². The Morgan fingerprint density at radius 2 is 1.85 bits per heavy atom. The Morgan fingerprint density at radius 1 is 1.25 bits per heavy atom. The van der Waals surface area contributed by atoms with Gasteiger partial charge in [-0.2, -0.15) is 0 Å². The van der Waals surface area contributed by atoms with E-state index < -0.39 is 22.0 Å². The van der Waals surface area contributed by atoms with E-state index in [4.69, 9.17) is 5.73 Å². The molecule has 0 radical (unpaired) electrons. The van der Waals surface area contributed by atoms with Gasteiger partial charge in [0.2, 0.25) is 0 Å². The van der Waals surface area contributed by atoms with Crippen LogP contribution in [-0.2, 0) is 16.4 Å². The third kappa shape index (κ3) is 3.49. The van der Waals surface area contributed by atoms with Crippen LogP contribution in [0.5, 0.6) is 0 Å².